The molecule has 0 saturated heterocycles. The van der Waals surface area contributed by atoms with E-state index in [-0.39, 0.29) is 25.9 Å². The first-order chi connectivity index (χ1) is 3.43. The molecule has 0 nitrogen and oxygen atoms in total. The molecule has 0 N–H and O–H groups in total. The average molecular weight is 120 g/mol. The molecule has 1 heteroatoms. The molecule has 0 heterocycles. The Balaban J connectivity index is -0.000000163. The molecule has 0 amide bonds. The molecule has 42 valence electrons. The Bertz CT molecular complexity index is 119. The molecule has 0 aromatic carbocycles. The first kappa shape index (κ1) is 8.25. The van der Waals surface area contributed by atoms with Crippen LogP contribution in [0, 0.1) is 0 Å². The van der Waals surface area contributed by atoms with Crippen molar-refractivity contribution in [1.29, 1.82) is 0 Å². The van der Waals surface area contributed by atoms with Gasteiger partial charge in [-0.15, -0.1) is 0 Å². The fraction of sp³-hybridized carbons (Fsp3) is 0.429. The summed E-state index contributed by atoms with van der Waals surface area (Å²) in [4.78, 5) is 0. The maximum absolute atomic E-state index is 2.19. The minimum atomic E-state index is 0. The van der Waals surface area contributed by atoms with Gasteiger partial charge in [0, 0.05) is 0 Å². The minimum Gasteiger partial charge on any atom is -1.00 e. The Labute approximate surface area is 69.8 Å². The van der Waals surface area contributed by atoms with Gasteiger partial charge in [-0.25, -0.2) is 0 Å². The summed E-state index contributed by atoms with van der Waals surface area (Å²) >= 11 is 0. The molecule has 0 unspecified atom stereocenters. The van der Waals surface area contributed by atoms with Gasteiger partial charge in [-0.2, -0.15) is 0 Å². The van der Waals surface area contributed by atoms with E-state index in [4.69, 9.17) is 0 Å². The normalized spacial score (nSPS) is 15.4. The van der Waals surface area contributed by atoms with Crippen molar-refractivity contribution >= 4 is 23.1 Å². The van der Waals surface area contributed by atoms with Gasteiger partial charge in [0.05, 0.1) is 0 Å². The first-order valence-electron chi connectivity index (χ1n) is 2.78. The van der Waals surface area contributed by atoms with E-state index in [9.17, 15) is 0 Å². The summed E-state index contributed by atoms with van der Waals surface area (Å²) in [6.45, 7) is 2.19. The molecule has 0 atom stereocenters. The monoisotopic (exact) mass is 120 g/mol. The zero-order chi connectivity index (χ0) is 5.11. The summed E-state index contributed by atoms with van der Waals surface area (Å²) in [5.74, 6) is 0. The topological polar surface area (TPSA) is 0 Å². The van der Waals surface area contributed by atoms with Gasteiger partial charge in [0.25, 0.3) is 0 Å². The Morgan fingerprint density at radius 3 is 2.75 bits per heavy atom. The van der Waals surface area contributed by atoms with Gasteiger partial charge in [0.1, 0.15) is 0 Å². The van der Waals surface area contributed by atoms with Crippen molar-refractivity contribution in [2.24, 2.45) is 0 Å². The number of allylic oxidation sites excluding steroid dienone is 4. The Morgan fingerprint density at radius 2 is 2.50 bits per heavy atom. The fourth-order valence-corrected chi connectivity index (χ4v) is 0.754. The second-order valence-corrected chi connectivity index (χ2v) is 1.81. The van der Waals surface area contributed by atoms with E-state index in [2.05, 4.69) is 25.2 Å². The predicted octanol–water partition coefficient (Wildman–Crippen LogP) is 2.13. The van der Waals surface area contributed by atoms with Crippen LogP contribution < -0.4 is 0 Å². The van der Waals surface area contributed by atoms with Crippen LogP contribution in [-0.2, 0) is 0 Å². The summed E-state index contributed by atoms with van der Waals surface area (Å²) in [5, 5.41) is 0. The van der Waals surface area contributed by atoms with Gasteiger partial charge < -0.3 is 2.85 Å². The standard InChI is InChI=1S/C7H10.Mg.2H/c1-2-7-5-3-4-6-7;;;/h3-5H,2,6H2,1H3;;;/q;+2;2*-1. The van der Waals surface area contributed by atoms with Crippen LogP contribution in [0.2, 0.25) is 0 Å². The molecule has 0 aromatic heterocycles. The van der Waals surface area contributed by atoms with Crippen LogP contribution in [0.3, 0.4) is 0 Å². The molecule has 1 aliphatic rings. The van der Waals surface area contributed by atoms with E-state index in [1.165, 1.54) is 12.8 Å². The largest absolute Gasteiger partial charge is 2.00 e. The van der Waals surface area contributed by atoms with E-state index in [1.54, 1.807) is 5.57 Å². The molecular formula is C7H12Mg. The third-order valence-corrected chi connectivity index (χ3v) is 1.30. The predicted molar refractivity (Wildman–Crippen MR) is 40.1 cm³/mol. The van der Waals surface area contributed by atoms with Gasteiger partial charge in [-0.3, -0.25) is 0 Å². The maximum Gasteiger partial charge on any atom is 2.00 e. The van der Waals surface area contributed by atoms with Crippen molar-refractivity contribution in [1.82, 2.24) is 0 Å². The molecule has 1 rings (SSSR count). The van der Waals surface area contributed by atoms with Crippen molar-refractivity contribution in [3.8, 4) is 0 Å². The molecule has 0 aromatic rings. The van der Waals surface area contributed by atoms with E-state index in [0.717, 1.165) is 0 Å². The van der Waals surface area contributed by atoms with Crippen LogP contribution in [0.1, 0.15) is 22.6 Å². The summed E-state index contributed by atoms with van der Waals surface area (Å²) in [6.07, 6.45) is 8.92. The number of hydrogen-bond donors (Lipinski definition) is 0. The molecule has 0 spiro atoms. The van der Waals surface area contributed by atoms with Crippen LogP contribution in [0.4, 0.5) is 0 Å². The van der Waals surface area contributed by atoms with Crippen molar-refractivity contribution in [3.05, 3.63) is 23.8 Å². The van der Waals surface area contributed by atoms with Crippen molar-refractivity contribution in [2.45, 2.75) is 19.8 Å². The number of rotatable bonds is 1. The van der Waals surface area contributed by atoms with Gasteiger partial charge in [0.2, 0.25) is 0 Å². The summed E-state index contributed by atoms with van der Waals surface area (Å²) < 4.78 is 0. The van der Waals surface area contributed by atoms with Gasteiger partial charge in [-0.1, -0.05) is 30.7 Å². The molecule has 8 heavy (non-hydrogen) atoms. The summed E-state index contributed by atoms with van der Waals surface area (Å²) in [7, 11) is 0. The molecule has 0 saturated carbocycles. The van der Waals surface area contributed by atoms with Crippen LogP contribution in [-0.4, -0.2) is 23.1 Å². The molecule has 1 aliphatic carbocycles. The van der Waals surface area contributed by atoms with Crippen molar-refractivity contribution in [2.75, 3.05) is 0 Å². The minimum absolute atomic E-state index is 0. The second-order valence-electron chi connectivity index (χ2n) is 1.81. The van der Waals surface area contributed by atoms with Gasteiger partial charge in [-0.05, 0) is 12.8 Å². The van der Waals surface area contributed by atoms with Crippen LogP contribution in [0.15, 0.2) is 23.8 Å². The van der Waals surface area contributed by atoms with E-state index < -0.39 is 0 Å². The first-order valence-corrected chi connectivity index (χ1v) is 2.78. The Kier molecular flexibility index (Phi) is 4.29. The number of hydrogen-bond acceptors (Lipinski definition) is 0. The third kappa shape index (κ3) is 2.01. The Morgan fingerprint density at radius 1 is 1.75 bits per heavy atom. The quantitative estimate of drug-likeness (QED) is 0.465. The molecule has 0 aliphatic heterocycles. The second kappa shape index (κ2) is 4.16. The van der Waals surface area contributed by atoms with E-state index in [1.807, 2.05) is 0 Å². The molecule has 0 radical (unpaired) electrons. The zero-order valence-corrected chi connectivity index (χ0v) is 6.77. The maximum atomic E-state index is 2.19. The van der Waals surface area contributed by atoms with Gasteiger partial charge >= 0.3 is 23.1 Å². The van der Waals surface area contributed by atoms with Crippen LogP contribution >= 0.6 is 0 Å². The van der Waals surface area contributed by atoms with Crippen LogP contribution in [0.5, 0.6) is 0 Å². The summed E-state index contributed by atoms with van der Waals surface area (Å²) in [6, 6.07) is 0. The average Bonchev–Trinajstić information content (AvgIpc) is 2.14. The molecular weight excluding hydrogens is 108 g/mol. The third-order valence-electron chi connectivity index (χ3n) is 1.30. The smallest absolute Gasteiger partial charge is 1.00 e. The van der Waals surface area contributed by atoms with Crippen molar-refractivity contribution < 1.29 is 2.85 Å². The van der Waals surface area contributed by atoms with Crippen LogP contribution in [0.25, 0.3) is 0 Å². The SMILES string of the molecule is CCC1=CC=CC1.[H-].[H-].[Mg+2]. The van der Waals surface area contributed by atoms with Gasteiger partial charge in [0.15, 0.2) is 0 Å². The zero-order valence-electron chi connectivity index (χ0n) is 7.35. The van der Waals surface area contributed by atoms with Crippen molar-refractivity contribution in [3.63, 3.8) is 0 Å². The Hall–Kier alpha value is 0.246. The molecule has 0 bridgehead atoms. The molecule has 0 fully saturated rings. The summed E-state index contributed by atoms with van der Waals surface area (Å²) in [5.41, 5.74) is 1.56. The fourth-order valence-electron chi connectivity index (χ4n) is 0.754. The van der Waals surface area contributed by atoms with E-state index >= 15 is 0 Å². The van der Waals surface area contributed by atoms with E-state index in [0.29, 0.717) is 0 Å².